The van der Waals surface area contributed by atoms with Crippen molar-refractivity contribution in [3.63, 3.8) is 0 Å². The Kier molecular flexibility index (Phi) is 4.32. The molecule has 1 aliphatic heterocycles. The quantitative estimate of drug-likeness (QED) is 0.675. The summed E-state index contributed by atoms with van der Waals surface area (Å²) in [6.45, 7) is 7.37. The first kappa shape index (κ1) is 11.4. The smallest absolute Gasteiger partial charge is 0.411 e. The Labute approximate surface area is 89.5 Å². The van der Waals surface area contributed by atoms with Gasteiger partial charge in [-0.3, -0.25) is 4.90 Å². The van der Waals surface area contributed by atoms with Crippen LogP contribution in [0.4, 0.5) is 4.79 Å². The predicted octanol–water partition coefficient (Wildman–Crippen LogP) is 2.48. The molecule has 1 heterocycles. The van der Waals surface area contributed by atoms with Gasteiger partial charge in [0.1, 0.15) is 12.0 Å². The van der Waals surface area contributed by atoms with Crippen molar-refractivity contribution in [1.82, 2.24) is 4.90 Å². The average molecular weight is 215 g/mol. The molecule has 0 N–H and O–H groups in total. The maximum Gasteiger partial charge on any atom is 0.411 e. The molecule has 14 heavy (non-hydrogen) atoms. The predicted molar refractivity (Wildman–Crippen MR) is 59.4 cm³/mol. The highest BCUT2D eigenvalue weighted by Crippen LogP contribution is 2.26. The number of allylic oxidation sites excluding steroid dienone is 1. The number of carbonyl (C=O) groups is 1. The van der Waals surface area contributed by atoms with Crippen molar-refractivity contribution in [3.8, 4) is 0 Å². The van der Waals surface area contributed by atoms with Crippen LogP contribution >= 0.6 is 11.8 Å². The molecular formula is C10H17NO2S. The summed E-state index contributed by atoms with van der Waals surface area (Å²) in [6.07, 6.45) is 3.73. The first-order valence-electron chi connectivity index (χ1n) is 4.85. The van der Waals surface area contributed by atoms with E-state index in [1.54, 1.807) is 16.7 Å². The number of amides is 1. The monoisotopic (exact) mass is 215 g/mol. The molecule has 0 aromatic rings. The first-order chi connectivity index (χ1) is 6.65. The molecule has 0 bridgehead atoms. The van der Waals surface area contributed by atoms with Crippen molar-refractivity contribution in [3.05, 3.63) is 12.2 Å². The molecule has 1 atom stereocenters. The van der Waals surface area contributed by atoms with Crippen LogP contribution in [0.15, 0.2) is 12.2 Å². The van der Waals surface area contributed by atoms with Gasteiger partial charge in [0.15, 0.2) is 0 Å². The molecule has 80 valence electrons. The fourth-order valence-corrected chi connectivity index (χ4v) is 2.37. The van der Waals surface area contributed by atoms with E-state index in [0.29, 0.717) is 18.4 Å². The van der Waals surface area contributed by atoms with Crippen molar-refractivity contribution >= 4 is 17.9 Å². The van der Waals surface area contributed by atoms with Crippen molar-refractivity contribution in [2.24, 2.45) is 0 Å². The molecule has 1 amide bonds. The molecule has 0 spiro atoms. The normalized spacial score (nSPS) is 22.4. The summed E-state index contributed by atoms with van der Waals surface area (Å²) >= 11 is 1.77. The van der Waals surface area contributed by atoms with Crippen LogP contribution in [0.3, 0.4) is 0 Å². The minimum Gasteiger partial charge on any atom is -0.446 e. The summed E-state index contributed by atoms with van der Waals surface area (Å²) in [5, 5.41) is 0.696. The molecule has 0 aromatic carbocycles. The van der Waals surface area contributed by atoms with E-state index in [2.05, 4.69) is 13.8 Å². The lowest BCUT2D eigenvalue weighted by molar-refractivity contribution is 0.161. The highest BCUT2D eigenvalue weighted by atomic mass is 32.2. The largest absolute Gasteiger partial charge is 0.446 e. The molecular weight excluding hydrogens is 198 g/mol. The van der Waals surface area contributed by atoms with Crippen LogP contribution < -0.4 is 0 Å². The molecule has 0 aliphatic carbocycles. The summed E-state index contributed by atoms with van der Waals surface area (Å²) < 4.78 is 5.01. The third-order valence-corrected chi connectivity index (χ3v) is 3.15. The Morgan fingerprint density at radius 1 is 1.71 bits per heavy atom. The zero-order valence-corrected chi connectivity index (χ0v) is 9.71. The van der Waals surface area contributed by atoms with Crippen molar-refractivity contribution in [1.29, 1.82) is 0 Å². The fraction of sp³-hybridized carbons (Fsp3) is 0.700. The minimum absolute atomic E-state index is 0.179. The number of nitrogens with zero attached hydrogens (tertiary/aromatic N) is 1. The van der Waals surface area contributed by atoms with E-state index in [-0.39, 0.29) is 11.5 Å². The number of cyclic esters (lactones) is 1. The van der Waals surface area contributed by atoms with Gasteiger partial charge >= 0.3 is 6.09 Å². The standard InChI is InChI=1S/C10H17NO2S/c1-4-5-6-11-9(14-8(2)3)7-13-10(11)12/h4-5,8-9H,6-7H2,1-3H3/b5-4+/t9-/m1/s1. The van der Waals surface area contributed by atoms with E-state index < -0.39 is 0 Å². The molecule has 1 saturated heterocycles. The SMILES string of the molecule is C/C=C/CN1C(=O)OC[C@H]1SC(C)C. The Bertz CT molecular complexity index is 228. The Morgan fingerprint density at radius 3 is 3.00 bits per heavy atom. The third-order valence-electron chi connectivity index (χ3n) is 1.90. The number of ether oxygens (including phenoxy) is 1. The maximum absolute atomic E-state index is 11.3. The number of rotatable bonds is 4. The molecule has 3 nitrogen and oxygen atoms in total. The Morgan fingerprint density at radius 2 is 2.43 bits per heavy atom. The summed E-state index contributed by atoms with van der Waals surface area (Å²) in [7, 11) is 0. The molecule has 0 saturated carbocycles. The average Bonchev–Trinajstić information content (AvgIpc) is 2.44. The lowest BCUT2D eigenvalue weighted by atomic mass is 10.5. The highest BCUT2D eigenvalue weighted by molar-refractivity contribution is 8.00. The van der Waals surface area contributed by atoms with E-state index in [9.17, 15) is 4.79 Å². The van der Waals surface area contributed by atoms with Crippen LogP contribution in [-0.4, -0.2) is 34.8 Å². The van der Waals surface area contributed by atoms with Gasteiger partial charge in [-0.05, 0) is 6.92 Å². The van der Waals surface area contributed by atoms with Crippen LogP contribution in [-0.2, 0) is 4.74 Å². The second kappa shape index (κ2) is 5.29. The topological polar surface area (TPSA) is 29.5 Å². The van der Waals surface area contributed by atoms with Crippen LogP contribution in [0, 0.1) is 0 Å². The highest BCUT2D eigenvalue weighted by Gasteiger charge is 2.32. The van der Waals surface area contributed by atoms with Gasteiger partial charge in [0.05, 0.1) is 0 Å². The second-order valence-electron chi connectivity index (χ2n) is 3.44. The van der Waals surface area contributed by atoms with Gasteiger partial charge < -0.3 is 4.74 Å². The Hall–Kier alpha value is -0.640. The number of thioether (sulfide) groups is 1. The van der Waals surface area contributed by atoms with Crippen molar-refractivity contribution < 1.29 is 9.53 Å². The van der Waals surface area contributed by atoms with Crippen molar-refractivity contribution in [2.75, 3.05) is 13.2 Å². The summed E-state index contributed by atoms with van der Waals surface area (Å²) in [5.41, 5.74) is 0. The van der Waals surface area contributed by atoms with Gasteiger partial charge in [-0.25, -0.2) is 4.79 Å². The van der Waals surface area contributed by atoms with E-state index in [4.69, 9.17) is 4.74 Å². The summed E-state index contributed by atoms with van der Waals surface area (Å²) in [6, 6.07) is 0. The molecule has 1 aliphatic rings. The second-order valence-corrected chi connectivity index (χ2v) is 5.20. The van der Waals surface area contributed by atoms with Crippen molar-refractivity contribution in [2.45, 2.75) is 31.4 Å². The molecule has 1 rings (SSSR count). The number of carbonyl (C=O) groups excluding carboxylic acids is 1. The molecule has 1 fully saturated rings. The molecule has 0 aromatic heterocycles. The van der Waals surface area contributed by atoms with Gasteiger partial charge in [-0.2, -0.15) is 0 Å². The van der Waals surface area contributed by atoms with Crippen LogP contribution in [0.1, 0.15) is 20.8 Å². The van der Waals surface area contributed by atoms with E-state index >= 15 is 0 Å². The minimum atomic E-state index is -0.193. The summed E-state index contributed by atoms with van der Waals surface area (Å²) in [5.74, 6) is 0. The van der Waals surface area contributed by atoms with E-state index in [1.807, 2.05) is 19.1 Å². The van der Waals surface area contributed by atoms with Crippen LogP contribution in [0.25, 0.3) is 0 Å². The zero-order chi connectivity index (χ0) is 10.6. The van der Waals surface area contributed by atoms with E-state index in [0.717, 1.165) is 0 Å². The fourth-order valence-electron chi connectivity index (χ4n) is 1.27. The zero-order valence-electron chi connectivity index (χ0n) is 8.90. The van der Waals surface area contributed by atoms with Gasteiger partial charge in [-0.15, -0.1) is 11.8 Å². The number of hydrogen-bond donors (Lipinski definition) is 0. The maximum atomic E-state index is 11.3. The van der Waals surface area contributed by atoms with Gasteiger partial charge in [0.2, 0.25) is 0 Å². The Balaban J connectivity index is 2.52. The molecule has 0 unspecified atom stereocenters. The van der Waals surface area contributed by atoms with Crippen LogP contribution in [0.5, 0.6) is 0 Å². The van der Waals surface area contributed by atoms with Gasteiger partial charge in [0, 0.05) is 11.8 Å². The lowest BCUT2D eigenvalue weighted by Crippen LogP contribution is -2.32. The third kappa shape index (κ3) is 2.94. The molecule has 0 radical (unpaired) electrons. The first-order valence-corrected chi connectivity index (χ1v) is 5.79. The van der Waals surface area contributed by atoms with E-state index in [1.165, 1.54) is 0 Å². The number of hydrogen-bond acceptors (Lipinski definition) is 3. The van der Waals surface area contributed by atoms with Gasteiger partial charge in [-0.1, -0.05) is 26.0 Å². The lowest BCUT2D eigenvalue weighted by Gasteiger charge is -2.20. The van der Waals surface area contributed by atoms with Gasteiger partial charge in [0.25, 0.3) is 0 Å². The molecule has 4 heteroatoms. The summed E-state index contributed by atoms with van der Waals surface area (Å²) in [4.78, 5) is 13.1. The van der Waals surface area contributed by atoms with Crippen LogP contribution in [0.2, 0.25) is 0 Å².